The molecule has 172 valence electrons. The van der Waals surface area contributed by atoms with Crippen LogP contribution in [-0.2, 0) is 15.4 Å². The van der Waals surface area contributed by atoms with Crippen LogP contribution < -0.4 is 21.0 Å². The van der Waals surface area contributed by atoms with Crippen LogP contribution in [-0.4, -0.2) is 24.5 Å². The lowest BCUT2D eigenvalue weighted by atomic mass is 9.87. The van der Waals surface area contributed by atoms with Gasteiger partial charge in [0.2, 0.25) is 0 Å². The molecule has 1 heterocycles. The summed E-state index contributed by atoms with van der Waals surface area (Å²) in [5.41, 5.74) is 7.65. The number of aromatic carboxylic acids is 1. The number of hydrogen-bond donors (Lipinski definition) is 4. The van der Waals surface area contributed by atoms with E-state index in [1.165, 1.54) is 12.3 Å². The van der Waals surface area contributed by atoms with Crippen LogP contribution in [0.5, 0.6) is 0 Å². The largest absolute Gasteiger partial charge is 0.477 e. The Morgan fingerprint density at radius 2 is 1.70 bits per heavy atom. The smallest absolute Gasteiger partial charge is 0.352 e. The van der Waals surface area contributed by atoms with Crippen LogP contribution in [0.25, 0.3) is 23.4 Å². The Hall–Kier alpha value is -3.78. The van der Waals surface area contributed by atoms with E-state index < -0.39 is 16.0 Å². The maximum Gasteiger partial charge on any atom is 0.352 e. The Bertz CT molecular complexity index is 1410. The van der Waals surface area contributed by atoms with E-state index in [9.17, 15) is 18.3 Å². The van der Waals surface area contributed by atoms with Crippen molar-refractivity contribution in [3.63, 3.8) is 0 Å². The molecule has 0 saturated carbocycles. The van der Waals surface area contributed by atoms with Gasteiger partial charge in [0.05, 0.1) is 10.2 Å². The van der Waals surface area contributed by atoms with E-state index >= 15 is 0 Å². The average Bonchev–Trinajstić information content (AvgIpc) is 3.12. The number of sulfonamides is 1. The summed E-state index contributed by atoms with van der Waals surface area (Å²) in [7, 11) is -3.90. The molecule has 8 heteroatoms. The maximum atomic E-state index is 12.9. The molecular weight excluding hydrogens is 438 g/mol. The van der Waals surface area contributed by atoms with E-state index in [1.807, 2.05) is 26.8 Å². The maximum absolute atomic E-state index is 12.9. The highest BCUT2D eigenvalue weighted by Gasteiger charge is 2.19. The fourth-order valence-corrected chi connectivity index (χ4v) is 4.47. The van der Waals surface area contributed by atoms with Crippen molar-refractivity contribution in [3.05, 3.63) is 88.7 Å². The van der Waals surface area contributed by atoms with E-state index in [1.54, 1.807) is 48.5 Å². The van der Waals surface area contributed by atoms with Crippen LogP contribution >= 0.6 is 0 Å². The van der Waals surface area contributed by atoms with Crippen molar-refractivity contribution in [2.24, 2.45) is 5.73 Å². The van der Waals surface area contributed by atoms with Crippen molar-refractivity contribution >= 4 is 28.3 Å². The van der Waals surface area contributed by atoms with E-state index in [2.05, 4.69) is 16.3 Å². The molecule has 0 spiro atoms. The average molecular weight is 466 g/mol. The Balaban J connectivity index is 2.05. The lowest BCUT2D eigenvalue weighted by Crippen LogP contribution is -2.28. The number of aromatic nitrogens is 1. The van der Waals surface area contributed by atoms with Gasteiger partial charge in [-0.1, -0.05) is 69.8 Å². The quantitative estimate of drug-likeness (QED) is 0.445. The first-order chi connectivity index (χ1) is 15.4. The van der Waals surface area contributed by atoms with E-state index in [0.717, 1.165) is 5.56 Å². The predicted molar refractivity (Wildman–Crippen MR) is 130 cm³/mol. The zero-order chi connectivity index (χ0) is 24.4. The second kappa shape index (κ2) is 8.99. The van der Waals surface area contributed by atoms with Crippen LogP contribution in [0.1, 0.15) is 36.8 Å². The third-order valence-electron chi connectivity index (χ3n) is 5.13. The van der Waals surface area contributed by atoms with Crippen molar-refractivity contribution in [3.8, 4) is 11.1 Å². The van der Waals surface area contributed by atoms with Crippen molar-refractivity contribution in [1.82, 2.24) is 9.71 Å². The molecule has 0 atom stereocenters. The number of aromatic amines is 1. The highest BCUT2D eigenvalue weighted by Crippen LogP contribution is 2.23. The minimum Gasteiger partial charge on any atom is -0.477 e. The summed E-state index contributed by atoms with van der Waals surface area (Å²) in [6.07, 6.45) is 2.70. The number of allylic oxidation sites excluding steroid dienone is 1. The number of carboxylic acids is 1. The number of carboxylic acid groups (broad SMARTS) is 1. The third-order valence-corrected chi connectivity index (χ3v) is 6.55. The van der Waals surface area contributed by atoms with Crippen LogP contribution in [0.4, 0.5) is 0 Å². The molecule has 0 radical (unpaired) electrons. The molecule has 1 aromatic heterocycles. The summed E-state index contributed by atoms with van der Waals surface area (Å²) in [5, 5.41) is 10.4. The summed E-state index contributed by atoms with van der Waals surface area (Å²) >= 11 is 0. The van der Waals surface area contributed by atoms with Gasteiger partial charge in [0.1, 0.15) is 5.69 Å². The summed E-state index contributed by atoms with van der Waals surface area (Å²) in [4.78, 5) is 14.7. The first kappa shape index (κ1) is 23.9. The first-order valence-corrected chi connectivity index (χ1v) is 11.7. The molecule has 0 aliphatic heterocycles. The zero-order valence-corrected chi connectivity index (χ0v) is 19.5. The zero-order valence-electron chi connectivity index (χ0n) is 18.7. The minimum atomic E-state index is -3.90. The summed E-state index contributed by atoms with van der Waals surface area (Å²) < 4.78 is 28.2. The molecule has 5 N–H and O–H groups in total. The van der Waals surface area contributed by atoms with E-state index in [-0.39, 0.29) is 21.7 Å². The minimum absolute atomic E-state index is 0.0578. The van der Waals surface area contributed by atoms with Crippen molar-refractivity contribution in [2.45, 2.75) is 31.1 Å². The second-order valence-electron chi connectivity index (χ2n) is 8.59. The van der Waals surface area contributed by atoms with Crippen LogP contribution in [0, 0.1) is 0 Å². The molecule has 2 aromatic carbocycles. The Kier molecular flexibility index (Phi) is 6.51. The van der Waals surface area contributed by atoms with Gasteiger partial charge in [-0.25, -0.2) is 13.2 Å². The molecule has 0 saturated heterocycles. The molecule has 0 unspecified atom stereocenters. The molecule has 0 bridgehead atoms. The number of benzene rings is 2. The topological polar surface area (TPSA) is 125 Å². The van der Waals surface area contributed by atoms with Crippen molar-refractivity contribution in [2.75, 3.05) is 0 Å². The van der Waals surface area contributed by atoms with Gasteiger partial charge in [-0.15, -0.1) is 0 Å². The molecule has 0 amide bonds. The van der Waals surface area contributed by atoms with Crippen molar-refractivity contribution < 1.29 is 18.3 Å². The Morgan fingerprint density at radius 1 is 1.09 bits per heavy atom. The number of nitrogens with one attached hydrogen (secondary N) is 2. The molecule has 7 nitrogen and oxygen atoms in total. The Labute approximate surface area is 193 Å². The van der Waals surface area contributed by atoms with Crippen molar-refractivity contribution in [1.29, 1.82) is 0 Å². The predicted octanol–water partition coefficient (Wildman–Crippen LogP) is 2.65. The SMILES string of the molecule is C=C(/C=c1/c(-c2ccccc2)c(C(=O)O)[nH]/c1=C/N)NS(=O)(=O)c1ccc(C(C)(C)C)cc1. The lowest BCUT2D eigenvalue weighted by molar-refractivity contribution is 0.0692. The molecule has 0 aliphatic rings. The molecule has 33 heavy (non-hydrogen) atoms. The van der Waals surface area contributed by atoms with Gasteiger partial charge in [-0.2, -0.15) is 0 Å². The third kappa shape index (κ3) is 5.18. The Morgan fingerprint density at radius 3 is 2.21 bits per heavy atom. The van der Waals surface area contributed by atoms with Gasteiger partial charge in [0, 0.05) is 22.7 Å². The summed E-state index contributed by atoms with van der Waals surface area (Å²) in [6, 6.07) is 15.5. The molecule has 3 rings (SSSR count). The van der Waals surface area contributed by atoms with E-state index in [4.69, 9.17) is 5.73 Å². The number of nitrogens with two attached hydrogens (primary N) is 1. The summed E-state index contributed by atoms with van der Waals surface area (Å²) in [5.74, 6) is -1.17. The van der Waals surface area contributed by atoms with E-state index in [0.29, 0.717) is 21.7 Å². The van der Waals surface area contributed by atoms with Gasteiger partial charge in [-0.05, 0) is 34.8 Å². The molecule has 0 fully saturated rings. The fraction of sp³-hybridized carbons (Fsp3) is 0.160. The second-order valence-corrected chi connectivity index (χ2v) is 10.3. The van der Waals surface area contributed by atoms with Crippen LogP contribution in [0.15, 0.2) is 71.8 Å². The highest BCUT2D eigenvalue weighted by atomic mass is 32.2. The molecule has 0 aliphatic carbocycles. The van der Waals surface area contributed by atoms with Gasteiger partial charge in [0.15, 0.2) is 0 Å². The van der Waals surface area contributed by atoms with Crippen LogP contribution in [0.2, 0.25) is 0 Å². The monoisotopic (exact) mass is 465 g/mol. The summed E-state index contributed by atoms with van der Waals surface area (Å²) in [6.45, 7) is 9.96. The van der Waals surface area contributed by atoms with Gasteiger partial charge >= 0.3 is 5.97 Å². The number of hydrogen-bond acceptors (Lipinski definition) is 4. The lowest BCUT2D eigenvalue weighted by Gasteiger charge is -2.19. The van der Waals surface area contributed by atoms with Gasteiger partial charge in [0.25, 0.3) is 10.0 Å². The highest BCUT2D eigenvalue weighted by molar-refractivity contribution is 7.89. The first-order valence-electron chi connectivity index (χ1n) is 10.2. The number of carbonyl (C=O) groups is 1. The van der Waals surface area contributed by atoms with Gasteiger partial charge < -0.3 is 15.8 Å². The molecular formula is C25H27N3O4S. The standard InChI is InChI=1S/C25H27N3O4S/c1-16(28-33(31,32)19-12-10-18(11-13-19)25(2,3)4)14-20-21(15-26)27-23(24(29)30)22(20)17-8-6-5-7-9-17/h5-15,27-28H,1,26H2,2-4H3,(H,29,30)/b20-14+,21-15+. The fourth-order valence-electron chi connectivity index (χ4n) is 3.45. The normalized spacial score (nSPS) is 13.2. The molecule has 3 aromatic rings. The van der Waals surface area contributed by atoms with Gasteiger partial charge in [-0.3, -0.25) is 4.72 Å². The number of rotatable bonds is 6. The number of H-pyrrole nitrogens is 1. The van der Waals surface area contributed by atoms with Crippen LogP contribution in [0.3, 0.4) is 0 Å².